The van der Waals surface area contributed by atoms with Crippen molar-refractivity contribution in [2.75, 3.05) is 39.5 Å². The molecule has 4 heterocycles. The Morgan fingerprint density at radius 3 is 1.32 bits per heavy atom. The molecule has 6 N–H and O–H groups in total. The number of hydrogen-bond acceptors (Lipinski definition) is 22. The summed E-state index contributed by atoms with van der Waals surface area (Å²) in [6.07, 6.45) is 6.80. The smallest absolute Gasteiger partial charge is 0.345 e. The van der Waals surface area contributed by atoms with E-state index in [2.05, 4.69) is 46.2 Å². The van der Waals surface area contributed by atoms with Crippen LogP contribution >= 0.6 is 69.6 Å². The predicted octanol–water partition coefficient (Wildman–Crippen LogP) is 12.3. The van der Waals surface area contributed by atoms with Gasteiger partial charge in [-0.05, 0) is 135 Å². The number of aromatic nitrogens is 2. The van der Waals surface area contributed by atoms with Crippen LogP contribution in [-0.2, 0) is 85.9 Å². The third-order valence-corrected chi connectivity index (χ3v) is 17.6. The number of rotatable bonds is 31. The zero-order chi connectivity index (χ0) is 86.1. The van der Waals surface area contributed by atoms with Gasteiger partial charge in [0.15, 0.2) is 0 Å². The lowest BCUT2D eigenvalue weighted by Gasteiger charge is -2.35. The monoisotopic (exact) mass is 1730 g/mol. The highest BCUT2D eigenvalue weighted by molar-refractivity contribution is 6.68. The summed E-state index contributed by atoms with van der Waals surface area (Å²) in [6, 6.07) is 12.3. The number of benzene rings is 2. The van der Waals surface area contributed by atoms with Gasteiger partial charge in [0.25, 0.3) is 11.8 Å². The lowest BCUT2D eigenvalue weighted by Crippen LogP contribution is -2.62. The third-order valence-electron chi connectivity index (χ3n) is 16.9. The van der Waals surface area contributed by atoms with Gasteiger partial charge in [0.2, 0.25) is 25.3 Å². The summed E-state index contributed by atoms with van der Waals surface area (Å²) in [5.41, 5.74) is 6.73. The molecule has 114 heavy (non-hydrogen) atoms. The quantitative estimate of drug-likeness (QED) is 0.0118. The van der Waals surface area contributed by atoms with E-state index in [1.165, 1.54) is 13.8 Å². The van der Waals surface area contributed by atoms with Crippen molar-refractivity contribution < 1.29 is 109 Å². The number of carboxylic acids is 1. The van der Waals surface area contributed by atoms with Crippen molar-refractivity contribution in [1.82, 2.24) is 46.8 Å². The first-order valence-corrected chi connectivity index (χ1v) is 38.3. The van der Waals surface area contributed by atoms with Crippen LogP contribution in [-0.4, -0.2) is 187 Å². The van der Waals surface area contributed by atoms with Crippen molar-refractivity contribution in [3.8, 4) is 0 Å². The number of hydrazine groups is 2. The highest BCUT2D eigenvalue weighted by atomic mass is 35.6. The van der Waals surface area contributed by atoms with Crippen molar-refractivity contribution in [3.05, 3.63) is 95.3 Å². The number of hydrogen-bond donors (Lipinski definition) is 6. The molecule has 0 radical (unpaired) electrons. The first kappa shape index (κ1) is 98.6. The van der Waals surface area contributed by atoms with Gasteiger partial charge >= 0.3 is 49.0 Å². The Hall–Kier alpha value is -7.79. The summed E-state index contributed by atoms with van der Waals surface area (Å²) < 4.78 is 82.3. The van der Waals surface area contributed by atoms with Gasteiger partial charge in [-0.25, -0.2) is 20.8 Å². The van der Waals surface area contributed by atoms with Gasteiger partial charge < -0.3 is 54.2 Å². The van der Waals surface area contributed by atoms with Crippen LogP contribution in [0.2, 0.25) is 0 Å². The number of amides is 5. The standard InChI is InChI=1S/C35H44Cl3F2N5O8.C22H34Cl3F2N3O7.C19H21NO4/c1-19(2)28(29(47)42-27(17-51-33(39)40)30(48)45-15-7-8-25(44-45)31(49)52-18-35(36,37)38)43-32(50)34(5,6)14-13-22-9-10-23-11-12-24(41-26(23)16-22)20(3)53-21(4)46;1-12(2)13(9-16(31)37-21(3,4)5)17(32)28-15(10-35-20(26)27)18(33)30-8-6-7-14(29-30)19(34)36-11-22(23,24)25;1-12(24-13(2)21)16-8-7-15-6-5-14(11-17(15)20-16)9-10-19(3,4)18(22)23/h9-14,16,19-20,25,27-28,33,44H,7-8,15,17-18H2,1-6H3,(H,42,47)(H,43,50);12-15,20,29H,6-11H2,1-5H3,(H,28,32);5-12H,1-4H3,(H,22,23)/b14-13+;;10-9+/t20-,25+,27+,28+;13-,14-,15-;12-/m101/s1. The summed E-state index contributed by atoms with van der Waals surface area (Å²) in [5, 5.41) is 20.5. The van der Waals surface area contributed by atoms with E-state index in [9.17, 15) is 70.3 Å². The fraction of sp³-hybridized carbons (Fsp3) is 0.566. The molecule has 4 aromatic rings. The van der Waals surface area contributed by atoms with E-state index in [4.69, 9.17) is 98.4 Å². The fourth-order valence-corrected chi connectivity index (χ4v) is 11.1. The number of esters is 5. The topological polar surface area (TPSA) is 365 Å². The van der Waals surface area contributed by atoms with Gasteiger partial charge in [-0.1, -0.05) is 158 Å². The van der Waals surface area contributed by atoms with Crippen LogP contribution in [0.15, 0.2) is 72.8 Å². The van der Waals surface area contributed by atoms with Gasteiger partial charge in [-0.2, -0.15) is 17.6 Å². The summed E-state index contributed by atoms with van der Waals surface area (Å²) in [4.78, 5) is 147. The first-order chi connectivity index (χ1) is 52.7. The van der Waals surface area contributed by atoms with Crippen LogP contribution in [0, 0.1) is 28.6 Å². The fourth-order valence-electron chi connectivity index (χ4n) is 10.7. The molecule has 2 aromatic carbocycles. The van der Waals surface area contributed by atoms with Crippen molar-refractivity contribution in [3.63, 3.8) is 0 Å². The molecule has 6 rings (SSSR count). The van der Waals surface area contributed by atoms with Gasteiger partial charge in [0, 0.05) is 37.7 Å². The number of halogens is 10. The number of aliphatic carboxylic acids is 1. The van der Waals surface area contributed by atoms with Crippen LogP contribution in [0.4, 0.5) is 17.6 Å². The minimum atomic E-state index is -3.25. The average molecular weight is 1730 g/mol. The molecular formula is C76H99Cl6F4N9O19. The van der Waals surface area contributed by atoms with Gasteiger partial charge in [-0.15, -0.1) is 0 Å². The van der Waals surface area contributed by atoms with E-state index in [1.807, 2.05) is 54.6 Å². The number of pyridine rings is 2. The van der Waals surface area contributed by atoms with E-state index in [-0.39, 0.29) is 37.8 Å². The van der Waals surface area contributed by atoms with E-state index in [0.29, 0.717) is 36.2 Å². The molecular weight excluding hydrogens is 1630 g/mol. The van der Waals surface area contributed by atoms with Crippen molar-refractivity contribution in [2.45, 2.75) is 205 Å². The van der Waals surface area contributed by atoms with Crippen LogP contribution < -0.4 is 26.8 Å². The first-order valence-electron chi connectivity index (χ1n) is 36.1. The summed E-state index contributed by atoms with van der Waals surface area (Å²) in [5.74, 6) is -9.37. The van der Waals surface area contributed by atoms with Crippen LogP contribution in [0.3, 0.4) is 0 Å². The number of carbonyl (C=O) groups is 11. The van der Waals surface area contributed by atoms with E-state index in [0.717, 1.165) is 37.4 Å². The largest absolute Gasteiger partial charge is 0.481 e. The second-order valence-electron chi connectivity index (χ2n) is 29.5. The van der Waals surface area contributed by atoms with E-state index >= 15 is 0 Å². The second-order valence-corrected chi connectivity index (χ2v) is 34.5. The lowest BCUT2D eigenvalue weighted by atomic mass is 9.89. The molecule has 2 aliphatic heterocycles. The second kappa shape index (κ2) is 44.5. The van der Waals surface area contributed by atoms with E-state index < -0.39 is 177 Å². The molecule has 5 amide bonds. The molecule has 2 saturated heterocycles. The van der Waals surface area contributed by atoms with Gasteiger partial charge in [0.1, 0.15) is 61.2 Å². The Labute approximate surface area is 688 Å². The van der Waals surface area contributed by atoms with Crippen molar-refractivity contribution in [1.29, 1.82) is 0 Å². The number of carbonyl (C=O) groups excluding carboxylic acids is 10. The normalized spacial score (nSPS) is 16.7. The Morgan fingerprint density at radius 2 is 0.965 bits per heavy atom. The average Bonchev–Trinajstić information content (AvgIpc) is 0.829. The Balaban J connectivity index is 0.000000388. The van der Waals surface area contributed by atoms with Crippen LogP contribution in [0.5, 0.6) is 0 Å². The number of alkyl halides is 10. The molecule has 38 heteroatoms. The number of carboxylic acid groups (broad SMARTS) is 1. The maximum absolute atomic E-state index is 13.6. The van der Waals surface area contributed by atoms with Gasteiger partial charge in [-0.3, -0.25) is 62.8 Å². The highest BCUT2D eigenvalue weighted by Gasteiger charge is 2.40. The molecule has 0 aliphatic carbocycles. The third kappa shape index (κ3) is 34.6. The SMILES string of the molecule is CC(=O)O[C@H](C)c1ccc2ccc(/C=C/C(C)(C)C(=O)N[C@H](C(=O)N[C@@H](COC(F)F)C(=O)N3CCC[C@@H](C(=O)OCC(Cl)(Cl)Cl)N3)C(C)C)cc2n1.CC(=O)O[C@H](C)c1ccc2ccc(/C=C/C(C)(C)C(=O)O)cc2n1.CC(C)[C@H](CC(=O)OC(C)(C)C)C(=O)N[C@@H](COC(F)F)C(=O)N1CCC[C@@H](C(=O)OCC(Cl)(Cl)Cl)N1. The Bertz CT molecular complexity index is 4070. The summed E-state index contributed by atoms with van der Waals surface area (Å²) >= 11 is 33.7. The minimum absolute atomic E-state index is 0.0703. The molecule has 28 nitrogen and oxygen atoms in total. The zero-order valence-corrected chi connectivity index (χ0v) is 70.2. The summed E-state index contributed by atoms with van der Waals surface area (Å²) in [6.45, 7) is 15.4. The number of ether oxygens (including phenoxy) is 7. The Kier molecular flexibility index (Phi) is 38.5. The number of fused-ring (bicyclic) bond motifs is 2. The summed E-state index contributed by atoms with van der Waals surface area (Å²) in [7, 11) is 0. The molecule has 8 atom stereocenters. The molecule has 2 aromatic heterocycles. The van der Waals surface area contributed by atoms with Crippen molar-refractivity contribution in [2.24, 2.45) is 28.6 Å². The molecule has 2 fully saturated rings. The maximum Gasteiger partial charge on any atom is 0.345 e. The molecule has 0 bridgehead atoms. The molecule has 0 saturated carbocycles. The zero-order valence-electron chi connectivity index (χ0n) is 65.7. The predicted molar refractivity (Wildman–Crippen MR) is 419 cm³/mol. The molecule has 0 unspecified atom stereocenters. The number of nitrogens with zero attached hydrogens (tertiary/aromatic N) is 4. The molecule has 632 valence electrons. The van der Waals surface area contributed by atoms with Crippen LogP contribution in [0.1, 0.15) is 171 Å². The highest BCUT2D eigenvalue weighted by Crippen LogP contribution is 2.31. The lowest BCUT2D eigenvalue weighted by molar-refractivity contribution is -0.161. The van der Waals surface area contributed by atoms with Crippen LogP contribution in [0.25, 0.3) is 34.0 Å². The number of nitrogens with one attached hydrogen (secondary N) is 5. The van der Waals surface area contributed by atoms with Gasteiger partial charge in [0.05, 0.1) is 58.8 Å². The molecule has 2 aliphatic rings. The molecule has 0 spiro atoms. The maximum atomic E-state index is 13.6. The van der Waals surface area contributed by atoms with E-state index in [1.54, 1.807) is 120 Å². The Morgan fingerprint density at radius 1 is 0.570 bits per heavy atom. The minimum Gasteiger partial charge on any atom is -0.481 e. The van der Waals surface area contributed by atoms with Crippen molar-refractivity contribution >= 4 is 169 Å².